The van der Waals surface area contributed by atoms with E-state index < -0.39 is 0 Å². The van der Waals surface area contributed by atoms with Crippen LogP contribution in [0.5, 0.6) is 0 Å². The van der Waals surface area contributed by atoms with Crippen molar-refractivity contribution in [2.45, 2.75) is 31.6 Å². The first kappa shape index (κ1) is 13.3. The molecule has 0 saturated heterocycles. The number of rotatable bonds is 4. The van der Waals surface area contributed by atoms with Crippen molar-refractivity contribution in [3.8, 4) is 0 Å². The standard InChI is InChI=1S/C18H22N2/c1-19-13-18(17-7-4-10-20-12-17)16-9-8-14-5-2-3-6-15(14)11-16/h4,7-12,18-19H,2-3,5-6,13H2,1H3. The van der Waals surface area contributed by atoms with Gasteiger partial charge in [0.2, 0.25) is 0 Å². The molecule has 1 unspecified atom stereocenters. The minimum Gasteiger partial charge on any atom is -0.319 e. The van der Waals surface area contributed by atoms with E-state index in [1.54, 1.807) is 11.1 Å². The number of nitrogens with one attached hydrogen (secondary N) is 1. The highest BCUT2D eigenvalue weighted by Gasteiger charge is 2.16. The van der Waals surface area contributed by atoms with Gasteiger partial charge in [-0.05, 0) is 61.1 Å². The maximum absolute atomic E-state index is 4.27. The molecule has 1 atom stereocenters. The molecule has 2 aromatic rings. The van der Waals surface area contributed by atoms with E-state index in [1.807, 2.05) is 25.5 Å². The number of fused-ring (bicyclic) bond motifs is 1. The molecule has 1 aromatic carbocycles. The number of aryl methyl sites for hydroxylation is 2. The Morgan fingerprint density at radius 2 is 1.95 bits per heavy atom. The van der Waals surface area contributed by atoms with Crippen LogP contribution in [0.4, 0.5) is 0 Å². The minimum absolute atomic E-state index is 0.390. The Balaban J connectivity index is 1.95. The van der Waals surface area contributed by atoms with Gasteiger partial charge in [0.25, 0.3) is 0 Å². The first-order chi connectivity index (χ1) is 9.88. The average Bonchev–Trinajstić information content (AvgIpc) is 2.53. The molecule has 20 heavy (non-hydrogen) atoms. The number of nitrogens with zero attached hydrogens (tertiary/aromatic N) is 1. The molecule has 0 spiro atoms. The summed E-state index contributed by atoms with van der Waals surface area (Å²) in [4.78, 5) is 4.27. The molecule has 0 saturated carbocycles. The summed E-state index contributed by atoms with van der Waals surface area (Å²) in [5.74, 6) is 0.390. The molecular formula is C18H22N2. The first-order valence-corrected chi connectivity index (χ1v) is 7.54. The summed E-state index contributed by atoms with van der Waals surface area (Å²) in [5.41, 5.74) is 5.80. The first-order valence-electron chi connectivity index (χ1n) is 7.54. The number of hydrogen-bond donors (Lipinski definition) is 1. The molecule has 0 amide bonds. The van der Waals surface area contributed by atoms with Crippen LogP contribution in [0.25, 0.3) is 0 Å². The SMILES string of the molecule is CNCC(c1cccnc1)c1ccc2c(c1)CCCC2. The Morgan fingerprint density at radius 1 is 1.10 bits per heavy atom. The Morgan fingerprint density at radius 3 is 2.70 bits per heavy atom. The summed E-state index contributed by atoms with van der Waals surface area (Å²) in [6, 6.07) is 11.3. The second-order valence-corrected chi connectivity index (χ2v) is 5.63. The summed E-state index contributed by atoms with van der Waals surface area (Å²) in [6.07, 6.45) is 8.99. The van der Waals surface area contributed by atoms with Gasteiger partial charge in [-0.25, -0.2) is 0 Å². The zero-order chi connectivity index (χ0) is 13.8. The van der Waals surface area contributed by atoms with E-state index in [1.165, 1.54) is 36.8 Å². The number of benzene rings is 1. The lowest BCUT2D eigenvalue weighted by Gasteiger charge is -2.21. The van der Waals surface area contributed by atoms with Crippen LogP contribution >= 0.6 is 0 Å². The molecule has 1 heterocycles. The molecule has 0 radical (unpaired) electrons. The molecule has 1 N–H and O–H groups in total. The van der Waals surface area contributed by atoms with Gasteiger partial charge in [0, 0.05) is 24.9 Å². The lowest BCUT2D eigenvalue weighted by atomic mass is 9.85. The van der Waals surface area contributed by atoms with E-state index in [9.17, 15) is 0 Å². The fourth-order valence-electron chi connectivity index (χ4n) is 3.18. The average molecular weight is 266 g/mol. The normalized spacial score (nSPS) is 15.7. The second-order valence-electron chi connectivity index (χ2n) is 5.63. The van der Waals surface area contributed by atoms with E-state index in [4.69, 9.17) is 0 Å². The monoisotopic (exact) mass is 266 g/mol. The summed E-state index contributed by atoms with van der Waals surface area (Å²) in [6.45, 7) is 0.949. The van der Waals surface area contributed by atoms with Crippen molar-refractivity contribution in [3.05, 3.63) is 65.0 Å². The highest BCUT2D eigenvalue weighted by Crippen LogP contribution is 2.28. The van der Waals surface area contributed by atoms with Crippen molar-refractivity contribution in [3.63, 3.8) is 0 Å². The van der Waals surface area contributed by atoms with Gasteiger partial charge >= 0.3 is 0 Å². The number of likely N-dealkylation sites (N-methyl/N-ethyl adjacent to an activating group) is 1. The van der Waals surface area contributed by atoms with E-state index >= 15 is 0 Å². The lowest BCUT2D eigenvalue weighted by molar-refractivity contribution is 0.675. The Kier molecular flexibility index (Phi) is 4.12. The van der Waals surface area contributed by atoms with Crippen LogP contribution < -0.4 is 5.32 Å². The van der Waals surface area contributed by atoms with Crippen molar-refractivity contribution >= 4 is 0 Å². The summed E-state index contributed by atoms with van der Waals surface area (Å²) >= 11 is 0. The molecule has 0 fully saturated rings. The van der Waals surface area contributed by atoms with Crippen LogP contribution in [0.1, 0.15) is 41.0 Å². The molecule has 3 rings (SSSR count). The molecule has 2 nitrogen and oxygen atoms in total. The van der Waals surface area contributed by atoms with Crippen LogP contribution in [-0.4, -0.2) is 18.6 Å². The van der Waals surface area contributed by atoms with E-state index in [0.29, 0.717) is 5.92 Å². The van der Waals surface area contributed by atoms with Gasteiger partial charge in [0.05, 0.1) is 0 Å². The fraction of sp³-hybridized carbons (Fsp3) is 0.389. The fourth-order valence-corrected chi connectivity index (χ4v) is 3.18. The van der Waals surface area contributed by atoms with Crippen LogP contribution in [0.3, 0.4) is 0 Å². The zero-order valence-electron chi connectivity index (χ0n) is 12.1. The van der Waals surface area contributed by atoms with Crippen LogP contribution in [0, 0.1) is 0 Å². The van der Waals surface area contributed by atoms with Crippen molar-refractivity contribution < 1.29 is 0 Å². The van der Waals surface area contributed by atoms with Gasteiger partial charge in [-0.3, -0.25) is 4.98 Å². The van der Waals surface area contributed by atoms with E-state index in [2.05, 4.69) is 34.6 Å². The van der Waals surface area contributed by atoms with Crippen molar-refractivity contribution in [1.82, 2.24) is 10.3 Å². The Hall–Kier alpha value is -1.67. The molecule has 2 heteroatoms. The second kappa shape index (κ2) is 6.19. The molecular weight excluding hydrogens is 244 g/mol. The predicted octanol–water partition coefficient (Wildman–Crippen LogP) is 3.31. The van der Waals surface area contributed by atoms with Gasteiger partial charge in [-0.2, -0.15) is 0 Å². The third kappa shape index (κ3) is 2.75. The molecule has 1 aliphatic carbocycles. The van der Waals surface area contributed by atoms with Crippen LogP contribution in [-0.2, 0) is 12.8 Å². The lowest BCUT2D eigenvalue weighted by Crippen LogP contribution is -2.19. The van der Waals surface area contributed by atoms with Crippen LogP contribution in [0.2, 0.25) is 0 Å². The third-order valence-corrected chi connectivity index (χ3v) is 4.27. The molecule has 1 aliphatic rings. The smallest absolute Gasteiger partial charge is 0.0306 e. The van der Waals surface area contributed by atoms with E-state index in [-0.39, 0.29) is 0 Å². The molecule has 0 bridgehead atoms. The minimum atomic E-state index is 0.390. The molecule has 104 valence electrons. The number of aromatic nitrogens is 1. The highest BCUT2D eigenvalue weighted by molar-refractivity contribution is 5.39. The Labute approximate surface area is 121 Å². The maximum atomic E-state index is 4.27. The van der Waals surface area contributed by atoms with Crippen molar-refractivity contribution in [2.24, 2.45) is 0 Å². The number of pyridine rings is 1. The van der Waals surface area contributed by atoms with Gasteiger partial charge < -0.3 is 5.32 Å². The van der Waals surface area contributed by atoms with Crippen LogP contribution in [0.15, 0.2) is 42.7 Å². The molecule has 0 aliphatic heterocycles. The highest BCUT2D eigenvalue weighted by atomic mass is 14.8. The van der Waals surface area contributed by atoms with E-state index in [0.717, 1.165) is 6.54 Å². The summed E-state index contributed by atoms with van der Waals surface area (Å²) < 4.78 is 0. The zero-order valence-corrected chi connectivity index (χ0v) is 12.1. The van der Waals surface area contributed by atoms with Gasteiger partial charge in [-0.15, -0.1) is 0 Å². The summed E-state index contributed by atoms with van der Waals surface area (Å²) in [5, 5.41) is 3.32. The largest absolute Gasteiger partial charge is 0.319 e. The predicted molar refractivity (Wildman–Crippen MR) is 83.1 cm³/mol. The van der Waals surface area contributed by atoms with Gasteiger partial charge in [0.15, 0.2) is 0 Å². The van der Waals surface area contributed by atoms with Gasteiger partial charge in [-0.1, -0.05) is 24.3 Å². The quantitative estimate of drug-likeness (QED) is 0.918. The topological polar surface area (TPSA) is 24.9 Å². The van der Waals surface area contributed by atoms with Crippen molar-refractivity contribution in [2.75, 3.05) is 13.6 Å². The number of hydrogen-bond acceptors (Lipinski definition) is 2. The summed E-state index contributed by atoms with van der Waals surface area (Å²) in [7, 11) is 2.02. The maximum Gasteiger partial charge on any atom is 0.0306 e. The molecule has 1 aromatic heterocycles. The van der Waals surface area contributed by atoms with Crippen molar-refractivity contribution in [1.29, 1.82) is 0 Å². The third-order valence-electron chi connectivity index (χ3n) is 4.27. The Bertz CT molecular complexity index is 563. The van der Waals surface area contributed by atoms with Gasteiger partial charge in [0.1, 0.15) is 0 Å².